The number of ether oxygens (including phenoxy) is 2. The van der Waals surface area contributed by atoms with Gasteiger partial charge in [-0.25, -0.2) is 0 Å². The van der Waals surface area contributed by atoms with Crippen molar-refractivity contribution in [1.82, 2.24) is 5.32 Å². The van der Waals surface area contributed by atoms with Gasteiger partial charge in [-0.05, 0) is 44.9 Å². The predicted octanol–water partition coefficient (Wildman–Crippen LogP) is 2.60. The molecule has 1 heterocycles. The quantitative estimate of drug-likeness (QED) is 0.788. The topological polar surface area (TPSA) is 59.6 Å². The highest BCUT2D eigenvalue weighted by molar-refractivity contribution is 5.98. The number of carbonyl (C=O) groups is 1. The maximum Gasteiger partial charge on any atom is 0.244 e. The molecule has 1 atom stereocenters. The second-order valence-electron chi connectivity index (χ2n) is 5.54. The van der Waals surface area contributed by atoms with Crippen molar-refractivity contribution in [2.75, 3.05) is 32.2 Å². The van der Waals surface area contributed by atoms with E-state index in [1.54, 1.807) is 7.11 Å². The number of amides is 1. The Morgan fingerprint density at radius 3 is 2.86 bits per heavy atom. The highest BCUT2D eigenvalue weighted by atomic mass is 35.5. The van der Waals surface area contributed by atoms with Gasteiger partial charge < -0.3 is 20.1 Å². The Hall–Kier alpha value is -1.30. The Balaban J connectivity index is 0.00000242. The van der Waals surface area contributed by atoms with Gasteiger partial charge in [0.15, 0.2) is 0 Å². The summed E-state index contributed by atoms with van der Waals surface area (Å²) >= 11 is 0. The number of rotatable bonds is 6. The van der Waals surface area contributed by atoms with Crippen LogP contribution in [0.15, 0.2) is 24.3 Å². The summed E-state index contributed by atoms with van der Waals surface area (Å²) in [7, 11) is 1.64. The van der Waals surface area contributed by atoms with E-state index in [2.05, 4.69) is 10.6 Å². The van der Waals surface area contributed by atoms with E-state index < -0.39 is 5.54 Å². The standard InChI is InChI=1S/C16H24N2O3.ClH/c1-16(8-3-4-9-17-16)15(19)18-13-6-5-7-14(12-13)21-11-10-20-2;/h5-7,12,17H,3-4,8-11H2,1-2H3,(H,18,19);1H. The molecule has 1 saturated heterocycles. The zero-order valence-corrected chi connectivity index (χ0v) is 14.0. The van der Waals surface area contributed by atoms with Crippen LogP contribution in [0, 0.1) is 0 Å². The van der Waals surface area contributed by atoms with Gasteiger partial charge in [-0.1, -0.05) is 6.07 Å². The number of benzene rings is 1. The van der Waals surface area contributed by atoms with Crippen LogP contribution >= 0.6 is 12.4 Å². The zero-order chi connectivity index (χ0) is 15.1. The van der Waals surface area contributed by atoms with E-state index in [9.17, 15) is 4.79 Å². The largest absolute Gasteiger partial charge is 0.491 e. The molecule has 1 fully saturated rings. The number of carbonyl (C=O) groups excluding carboxylic acids is 1. The third-order valence-electron chi connectivity index (χ3n) is 3.77. The van der Waals surface area contributed by atoms with Crippen LogP contribution in [0.1, 0.15) is 26.2 Å². The van der Waals surface area contributed by atoms with Crippen LogP contribution in [0.3, 0.4) is 0 Å². The Morgan fingerprint density at radius 2 is 2.18 bits per heavy atom. The Bertz CT molecular complexity index is 476. The van der Waals surface area contributed by atoms with Crippen LogP contribution in [0.2, 0.25) is 0 Å². The van der Waals surface area contributed by atoms with Gasteiger partial charge in [-0.2, -0.15) is 0 Å². The van der Waals surface area contributed by atoms with Crippen molar-refractivity contribution in [3.05, 3.63) is 24.3 Å². The van der Waals surface area contributed by atoms with Crippen molar-refractivity contribution in [3.8, 4) is 5.75 Å². The van der Waals surface area contributed by atoms with Gasteiger partial charge in [-0.15, -0.1) is 12.4 Å². The average Bonchev–Trinajstić information content (AvgIpc) is 2.49. The summed E-state index contributed by atoms with van der Waals surface area (Å²) in [6.07, 6.45) is 3.08. The number of methoxy groups -OCH3 is 1. The lowest BCUT2D eigenvalue weighted by molar-refractivity contribution is -0.122. The fourth-order valence-corrected chi connectivity index (χ4v) is 2.43. The summed E-state index contributed by atoms with van der Waals surface area (Å²) < 4.78 is 10.5. The number of nitrogens with one attached hydrogen (secondary N) is 2. The lowest BCUT2D eigenvalue weighted by atomic mass is 9.90. The first kappa shape index (κ1) is 18.7. The Kier molecular flexibility index (Phi) is 7.65. The van der Waals surface area contributed by atoms with Gasteiger partial charge >= 0.3 is 0 Å². The van der Waals surface area contributed by atoms with E-state index in [0.717, 1.165) is 37.2 Å². The number of hydrogen-bond acceptors (Lipinski definition) is 4. The smallest absolute Gasteiger partial charge is 0.244 e. The molecular formula is C16H25ClN2O3. The van der Waals surface area contributed by atoms with Crippen molar-refractivity contribution in [2.24, 2.45) is 0 Å². The van der Waals surface area contributed by atoms with Crippen molar-refractivity contribution >= 4 is 24.0 Å². The van der Waals surface area contributed by atoms with Gasteiger partial charge in [0, 0.05) is 18.9 Å². The van der Waals surface area contributed by atoms with Gasteiger partial charge in [0.1, 0.15) is 12.4 Å². The lowest BCUT2D eigenvalue weighted by Crippen LogP contribution is -2.54. The molecule has 1 aliphatic rings. The highest BCUT2D eigenvalue weighted by Crippen LogP contribution is 2.22. The van der Waals surface area contributed by atoms with Crippen LogP contribution < -0.4 is 15.4 Å². The summed E-state index contributed by atoms with van der Waals surface area (Å²) in [6, 6.07) is 7.44. The molecule has 124 valence electrons. The Morgan fingerprint density at radius 1 is 1.36 bits per heavy atom. The number of hydrogen-bond donors (Lipinski definition) is 2. The molecule has 2 rings (SSSR count). The molecule has 1 aromatic carbocycles. The van der Waals surface area contributed by atoms with E-state index >= 15 is 0 Å². The Labute approximate surface area is 138 Å². The van der Waals surface area contributed by atoms with E-state index in [1.165, 1.54) is 0 Å². The second kappa shape index (κ2) is 8.98. The monoisotopic (exact) mass is 328 g/mol. The van der Waals surface area contributed by atoms with Crippen molar-refractivity contribution < 1.29 is 14.3 Å². The first-order valence-electron chi connectivity index (χ1n) is 7.42. The molecule has 0 aliphatic carbocycles. The van der Waals surface area contributed by atoms with Crippen molar-refractivity contribution in [3.63, 3.8) is 0 Å². The fourth-order valence-electron chi connectivity index (χ4n) is 2.43. The number of piperidine rings is 1. The van der Waals surface area contributed by atoms with Gasteiger partial charge in [0.25, 0.3) is 0 Å². The van der Waals surface area contributed by atoms with Crippen LogP contribution in [0.25, 0.3) is 0 Å². The van der Waals surface area contributed by atoms with E-state index in [1.807, 2.05) is 31.2 Å². The third-order valence-corrected chi connectivity index (χ3v) is 3.77. The number of halogens is 1. The molecule has 1 amide bonds. The zero-order valence-electron chi connectivity index (χ0n) is 13.2. The van der Waals surface area contributed by atoms with Gasteiger partial charge in [0.2, 0.25) is 5.91 Å². The normalized spacial score (nSPS) is 20.8. The van der Waals surface area contributed by atoms with E-state index in [4.69, 9.17) is 9.47 Å². The van der Waals surface area contributed by atoms with Crippen LogP contribution in [-0.4, -0.2) is 38.3 Å². The summed E-state index contributed by atoms with van der Waals surface area (Å²) in [6.45, 7) is 3.89. The first-order valence-corrected chi connectivity index (χ1v) is 7.42. The van der Waals surface area contributed by atoms with Crippen LogP contribution in [0.4, 0.5) is 5.69 Å². The molecule has 0 bridgehead atoms. The van der Waals surface area contributed by atoms with E-state index in [0.29, 0.717) is 13.2 Å². The molecule has 22 heavy (non-hydrogen) atoms. The summed E-state index contributed by atoms with van der Waals surface area (Å²) in [4.78, 5) is 12.4. The SMILES string of the molecule is COCCOc1cccc(NC(=O)C2(C)CCCCN2)c1.Cl. The average molecular weight is 329 g/mol. The van der Waals surface area contributed by atoms with Crippen LogP contribution in [0.5, 0.6) is 5.75 Å². The summed E-state index contributed by atoms with van der Waals surface area (Å²) in [5.74, 6) is 0.739. The molecule has 0 spiro atoms. The maximum atomic E-state index is 12.4. The molecule has 5 nitrogen and oxygen atoms in total. The highest BCUT2D eigenvalue weighted by Gasteiger charge is 2.34. The molecule has 0 aromatic heterocycles. The van der Waals surface area contributed by atoms with E-state index in [-0.39, 0.29) is 18.3 Å². The minimum atomic E-state index is -0.481. The first-order chi connectivity index (χ1) is 10.1. The molecule has 2 N–H and O–H groups in total. The second-order valence-corrected chi connectivity index (χ2v) is 5.54. The molecule has 1 aromatic rings. The summed E-state index contributed by atoms with van der Waals surface area (Å²) in [5, 5.41) is 6.28. The molecule has 0 saturated carbocycles. The molecule has 6 heteroatoms. The number of anilines is 1. The minimum Gasteiger partial charge on any atom is -0.491 e. The molecular weight excluding hydrogens is 304 g/mol. The summed E-state index contributed by atoms with van der Waals surface area (Å²) in [5.41, 5.74) is 0.272. The molecule has 1 aliphatic heterocycles. The predicted molar refractivity (Wildman–Crippen MR) is 89.9 cm³/mol. The third kappa shape index (κ3) is 5.16. The molecule has 1 unspecified atom stereocenters. The fraction of sp³-hybridized carbons (Fsp3) is 0.562. The van der Waals surface area contributed by atoms with Gasteiger partial charge in [0.05, 0.1) is 12.1 Å². The minimum absolute atomic E-state index is 0. The van der Waals surface area contributed by atoms with Gasteiger partial charge in [-0.3, -0.25) is 4.79 Å². The van der Waals surface area contributed by atoms with Crippen molar-refractivity contribution in [2.45, 2.75) is 31.7 Å². The maximum absolute atomic E-state index is 12.4. The van der Waals surface area contributed by atoms with Crippen molar-refractivity contribution in [1.29, 1.82) is 0 Å². The van der Waals surface area contributed by atoms with Crippen LogP contribution in [-0.2, 0) is 9.53 Å². The molecule has 0 radical (unpaired) electrons. The lowest BCUT2D eigenvalue weighted by Gasteiger charge is -2.33.